The molecule has 1 heterocycles. The molecule has 0 aromatic heterocycles. The van der Waals surface area contributed by atoms with E-state index < -0.39 is 6.09 Å². The van der Waals surface area contributed by atoms with Gasteiger partial charge in [0.2, 0.25) is 0 Å². The molecule has 0 saturated carbocycles. The van der Waals surface area contributed by atoms with Crippen molar-refractivity contribution in [1.82, 2.24) is 5.06 Å². The first kappa shape index (κ1) is 16.6. The van der Waals surface area contributed by atoms with Crippen molar-refractivity contribution in [2.24, 2.45) is 0 Å². The van der Waals surface area contributed by atoms with E-state index in [1.54, 1.807) is 23.3 Å². The number of carbonyl (C=O) groups is 1. The molecule has 0 aliphatic carbocycles. The number of benzene rings is 2. The quantitative estimate of drug-likeness (QED) is 0.838. The van der Waals surface area contributed by atoms with Crippen LogP contribution in [0.15, 0.2) is 48.5 Å². The van der Waals surface area contributed by atoms with Gasteiger partial charge in [0.05, 0.1) is 5.69 Å². The van der Waals surface area contributed by atoms with Crippen molar-refractivity contribution in [1.29, 1.82) is 0 Å². The molecule has 1 aliphatic heterocycles. The Morgan fingerprint density at radius 3 is 2.54 bits per heavy atom. The normalized spacial score (nSPS) is 14.9. The van der Waals surface area contributed by atoms with Crippen LogP contribution in [0.4, 0.5) is 10.5 Å². The van der Waals surface area contributed by atoms with Crippen LogP contribution >= 0.6 is 11.6 Å². The largest absolute Gasteiger partial charge is 0.455 e. The first-order valence-electron chi connectivity index (χ1n) is 7.97. The highest BCUT2D eigenvalue weighted by molar-refractivity contribution is 6.31. The lowest BCUT2D eigenvalue weighted by atomic mass is 10.2. The Hall–Kier alpha value is -2.24. The van der Waals surface area contributed by atoms with Gasteiger partial charge in [0, 0.05) is 18.1 Å². The highest BCUT2D eigenvalue weighted by atomic mass is 35.5. The van der Waals surface area contributed by atoms with E-state index in [0.717, 1.165) is 25.9 Å². The fourth-order valence-corrected chi connectivity index (χ4v) is 2.68. The lowest BCUT2D eigenvalue weighted by Gasteiger charge is -2.25. The van der Waals surface area contributed by atoms with Crippen molar-refractivity contribution in [2.75, 3.05) is 18.4 Å². The van der Waals surface area contributed by atoms with Crippen molar-refractivity contribution < 1.29 is 14.4 Å². The lowest BCUT2D eigenvalue weighted by molar-refractivity contribution is -0.105. The SMILES string of the molecule is O=C(Nc1cc(Cl)ccc1Oc1ccccc1)ON1CCCCC1. The third kappa shape index (κ3) is 4.63. The summed E-state index contributed by atoms with van der Waals surface area (Å²) in [5, 5.41) is 4.89. The molecule has 1 amide bonds. The Morgan fingerprint density at radius 2 is 1.79 bits per heavy atom. The minimum Gasteiger partial charge on any atom is -0.455 e. The maximum atomic E-state index is 12.1. The van der Waals surface area contributed by atoms with Crippen molar-refractivity contribution >= 4 is 23.4 Å². The predicted octanol–water partition coefficient (Wildman–Crippen LogP) is 5.08. The summed E-state index contributed by atoms with van der Waals surface area (Å²) in [6.45, 7) is 1.52. The molecular formula is C18H19ClN2O3. The van der Waals surface area contributed by atoms with Crippen LogP contribution in [0.2, 0.25) is 5.02 Å². The van der Waals surface area contributed by atoms with Gasteiger partial charge in [-0.1, -0.05) is 36.2 Å². The minimum absolute atomic E-state index is 0.466. The molecule has 0 atom stereocenters. The van der Waals surface area contributed by atoms with E-state index in [1.807, 2.05) is 30.3 Å². The van der Waals surface area contributed by atoms with Crippen LogP contribution in [0.3, 0.4) is 0 Å². The molecule has 3 rings (SSSR count). The van der Waals surface area contributed by atoms with E-state index in [2.05, 4.69) is 5.32 Å². The number of ether oxygens (including phenoxy) is 1. The standard InChI is InChI=1S/C18H19ClN2O3/c19-14-9-10-17(23-15-7-3-1-4-8-15)16(13-14)20-18(22)24-21-11-5-2-6-12-21/h1,3-4,7-10,13H,2,5-6,11-12H2,(H,20,22). The average Bonchev–Trinajstić information content (AvgIpc) is 2.59. The second-order valence-corrected chi connectivity index (χ2v) is 5.99. The number of carbonyl (C=O) groups excluding carboxylic acids is 1. The molecule has 1 aliphatic rings. The predicted molar refractivity (Wildman–Crippen MR) is 93.5 cm³/mol. The van der Waals surface area contributed by atoms with Gasteiger partial charge in [-0.15, -0.1) is 5.06 Å². The van der Waals surface area contributed by atoms with Gasteiger partial charge in [-0.25, -0.2) is 4.79 Å². The van der Waals surface area contributed by atoms with Crippen molar-refractivity contribution in [3.8, 4) is 11.5 Å². The Morgan fingerprint density at radius 1 is 1.04 bits per heavy atom. The monoisotopic (exact) mass is 346 g/mol. The topological polar surface area (TPSA) is 50.8 Å². The molecule has 5 nitrogen and oxygen atoms in total. The summed E-state index contributed by atoms with van der Waals surface area (Å²) >= 11 is 6.04. The number of para-hydroxylation sites is 1. The molecule has 0 unspecified atom stereocenters. The van der Waals surface area contributed by atoms with Gasteiger partial charge in [-0.3, -0.25) is 5.32 Å². The summed E-state index contributed by atoms with van der Waals surface area (Å²) in [5.74, 6) is 1.17. The molecule has 1 saturated heterocycles. The maximum Gasteiger partial charge on any atom is 0.430 e. The van der Waals surface area contributed by atoms with Crippen molar-refractivity contribution in [3.63, 3.8) is 0 Å². The number of piperidine rings is 1. The number of rotatable bonds is 4. The van der Waals surface area contributed by atoms with Gasteiger partial charge in [-0.2, -0.15) is 0 Å². The third-order valence-electron chi connectivity index (χ3n) is 3.68. The number of hydroxylamine groups is 2. The van der Waals surface area contributed by atoms with Gasteiger partial charge < -0.3 is 9.57 Å². The molecular weight excluding hydrogens is 328 g/mol. The van der Waals surface area contributed by atoms with Gasteiger partial charge in [0.1, 0.15) is 5.75 Å². The molecule has 126 valence electrons. The third-order valence-corrected chi connectivity index (χ3v) is 3.91. The Balaban J connectivity index is 1.69. The van der Waals surface area contributed by atoms with Crippen LogP contribution in [0.25, 0.3) is 0 Å². The molecule has 1 N–H and O–H groups in total. The van der Waals surface area contributed by atoms with Gasteiger partial charge in [-0.05, 0) is 43.2 Å². The zero-order valence-corrected chi connectivity index (χ0v) is 14.0. The zero-order valence-electron chi connectivity index (χ0n) is 13.2. The average molecular weight is 347 g/mol. The maximum absolute atomic E-state index is 12.1. The number of anilines is 1. The molecule has 2 aromatic rings. The summed E-state index contributed by atoms with van der Waals surface area (Å²) in [7, 11) is 0. The fourth-order valence-electron chi connectivity index (χ4n) is 2.51. The van der Waals surface area contributed by atoms with Crippen LogP contribution in [0.1, 0.15) is 19.3 Å². The first-order chi connectivity index (χ1) is 11.7. The number of hydrogen-bond acceptors (Lipinski definition) is 4. The number of nitrogens with zero attached hydrogens (tertiary/aromatic N) is 1. The Kier molecular flexibility index (Phi) is 5.56. The van der Waals surface area contributed by atoms with E-state index in [4.69, 9.17) is 21.2 Å². The number of halogens is 1. The number of hydrogen-bond donors (Lipinski definition) is 1. The first-order valence-corrected chi connectivity index (χ1v) is 8.35. The second-order valence-electron chi connectivity index (χ2n) is 5.55. The molecule has 24 heavy (non-hydrogen) atoms. The van der Waals surface area contributed by atoms with Crippen molar-refractivity contribution in [3.05, 3.63) is 53.6 Å². The van der Waals surface area contributed by atoms with Crippen LogP contribution in [-0.2, 0) is 4.84 Å². The van der Waals surface area contributed by atoms with Gasteiger partial charge >= 0.3 is 6.09 Å². The van der Waals surface area contributed by atoms with Crippen LogP contribution < -0.4 is 10.1 Å². The van der Waals surface area contributed by atoms with Crippen LogP contribution in [0, 0.1) is 0 Å². The molecule has 0 bridgehead atoms. The van der Waals surface area contributed by atoms with Crippen molar-refractivity contribution in [2.45, 2.75) is 19.3 Å². The smallest absolute Gasteiger partial charge is 0.430 e. The lowest BCUT2D eigenvalue weighted by Crippen LogP contribution is -2.34. The number of nitrogens with one attached hydrogen (secondary N) is 1. The number of amides is 1. The van der Waals surface area contributed by atoms with Crippen LogP contribution in [-0.4, -0.2) is 24.2 Å². The van der Waals surface area contributed by atoms with E-state index >= 15 is 0 Å². The molecule has 0 radical (unpaired) electrons. The van der Waals surface area contributed by atoms with Crippen LogP contribution in [0.5, 0.6) is 11.5 Å². The fraction of sp³-hybridized carbons (Fsp3) is 0.278. The van der Waals surface area contributed by atoms with Gasteiger partial charge in [0.15, 0.2) is 5.75 Å². The van der Waals surface area contributed by atoms with Gasteiger partial charge in [0.25, 0.3) is 0 Å². The Bertz CT molecular complexity index is 688. The molecule has 6 heteroatoms. The molecule has 0 spiro atoms. The van der Waals surface area contributed by atoms with E-state index in [1.165, 1.54) is 6.42 Å². The van der Waals surface area contributed by atoms with E-state index in [0.29, 0.717) is 22.2 Å². The second kappa shape index (κ2) is 8.04. The zero-order chi connectivity index (χ0) is 16.8. The molecule has 2 aromatic carbocycles. The summed E-state index contributed by atoms with van der Waals surface area (Å²) in [5.41, 5.74) is 0.466. The summed E-state index contributed by atoms with van der Waals surface area (Å²) in [6.07, 6.45) is 2.70. The summed E-state index contributed by atoms with van der Waals surface area (Å²) < 4.78 is 5.81. The highest BCUT2D eigenvalue weighted by Gasteiger charge is 2.17. The minimum atomic E-state index is -0.544. The Labute approximate surface area is 146 Å². The van der Waals surface area contributed by atoms with E-state index in [9.17, 15) is 4.79 Å². The molecule has 1 fully saturated rings. The summed E-state index contributed by atoms with van der Waals surface area (Å²) in [4.78, 5) is 17.4. The van der Waals surface area contributed by atoms with E-state index in [-0.39, 0.29) is 0 Å². The summed E-state index contributed by atoms with van der Waals surface area (Å²) in [6, 6.07) is 14.4. The highest BCUT2D eigenvalue weighted by Crippen LogP contribution is 2.32.